The molecule has 1 fully saturated rings. The standard InChI is InChI=1S/C15H19N3O5S/c19-14-10-23-13-5-4-11(8-12(13)17-14)24(21,22)16-9-15(20)18-6-2-1-3-7-18/h4-5,8,16H,1-3,6-7,9-10H2,(H,17,19). The first-order valence-electron chi connectivity index (χ1n) is 7.80. The van der Waals surface area contributed by atoms with Crippen LogP contribution in [0.5, 0.6) is 5.75 Å². The predicted octanol–water partition coefficient (Wildman–Crippen LogP) is 0.308. The molecule has 2 aliphatic rings. The van der Waals surface area contributed by atoms with E-state index in [1.807, 2.05) is 0 Å². The molecule has 9 heteroatoms. The minimum absolute atomic E-state index is 0.0292. The highest BCUT2D eigenvalue weighted by Gasteiger charge is 2.23. The maximum Gasteiger partial charge on any atom is 0.262 e. The van der Waals surface area contributed by atoms with Crippen LogP contribution in [-0.2, 0) is 19.6 Å². The van der Waals surface area contributed by atoms with Crippen LogP contribution in [0.3, 0.4) is 0 Å². The van der Waals surface area contributed by atoms with Crippen molar-refractivity contribution in [2.45, 2.75) is 24.2 Å². The third-order valence-corrected chi connectivity index (χ3v) is 5.42. The molecule has 0 radical (unpaired) electrons. The number of rotatable bonds is 4. The van der Waals surface area contributed by atoms with Gasteiger partial charge in [0.15, 0.2) is 6.61 Å². The summed E-state index contributed by atoms with van der Waals surface area (Å²) in [5.74, 6) is -0.156. The number of benzene rings is 1. The number of likely N-dealkylation sites (tertiary alicyclic amines) is 1. The third-order valence-electron chi connectivity index (χ3n) is 4.02. The molecule has 130 valence electrons. The summed E-state index contributed by atoms with van der Waals surface area (Å²) in [6, 6.07) is 4.18. The zero-order valence-electron chi connectivity index (χ0n) is 13.1. The summed E-state index contributed by atoms with van der Waals surface area (Å²) < 4.78 is 32.2. The Balaban J connectivity index is 1.68. The molecule has 24 heavy (non-hydrogen) atoms. The van der Waals surface area contributed by atoms with Crippen LogP contribution in [0.2, 0.25) is 0 Å². The van der Waals surface area contributed by atoms with Gasteiger partial charge >= 0.3 is 0 Å². The smallest absolute Gasteiger partial charge is 0.262 e. The SMILES string of the molecule is O=C1COc2ccc(S(=O)(=O)NCC(=O)N3CCCCC3)cc2N1. The number of anilines is 1. The van der Waals surface area contributed by atoms with Gasteiger partial charge in [0.05, 0.1) is 17.1 Å². The van der Waals surface area contributed by atoms with Gasteiger partial charge in [0, 0.05) is 13.1 Å². The summed E-state index contributed by atoms with van der Waals surface area (Å²) in [6.45, 7) is 0.968. The van der Waals surface area contributed by atoms with Gasteiger partial charge in [0.25, 0.3) is 5.91 Å². The van der Waals surface area contributed by atoms with Gasteiger partial charge in [-0.1, -0.05) is 0 Å². The van der Waals surface area contributed by atoms with E-state index in [0.717, 1.165) is 19.3 Å². The highest BCUT2D eigenvalue weighted by atomic mass is 32.2. The number of ether oxygens (including phenoxy) is 1. The summed E-state index contributed by atoms with van der Waals surface area (Å²) in [5.41, 5.74) is 0.302. The van der Waals surface area contributed by atoms with Crippen molar-refractivity contribution in [3.05, 3.63) is 18.2 Å². The fourth-order valence-corrected chi connectivity index (χ4v) is 3.72. The molecule has 0 atom stereocenters. The third kappa shape index (κ3) is 3.68. The van der Waals surface area contributed by atoms with Crippen molar-refractivity contribution < 1.29 is 22.7 Å². The summed E-state index contributed by atoms with van der Waals surface area (Å²) in [6.07, 6.45) is 2.99. The number of sulfonamides is 1. The maximum absolute atomic E-state index is 12.4. The van der Waals surface area contributed by atoms with Crippen LogP contribution in [0.1, 0.15) is 19.3 Å². The maximum atomic E-state index is 12.4. The number of carbonyl (C=O) groups is 2. The summed E-state index contributed by atoms with van der Waals surface area (Å²) >= 11 is 0. The average Bonchev–Trinajstić information content (AvgIpc) is 2.59. The second kappa shape index (κ2) is 6.78. The van der Waals surface area contributed by atoms with Gasteiger partial charge in [-0.15, -0.1) is 0 Å². The van der Waals surface area contributed by atoms with Crippen molar-refractivity contribution in [3.8, 4) is 5.75 Å². The fraction of sp³-hybridized carbons (Fsp3) is 0.467. The lowest BCUT2D eigenvalue weighted by Crippen LogP contribution is -2.42. The lowest BCUT2D eigenvalue weighted by molar-refractivity contribution is -0.130. The number of hydrogen-bond donors (Lipinski definition) is 2. The largest absolute Gasteiger partial charge is 0.482 e. The average molecular weight is 353 g/mol. The van der Waals surface area contributed by atoms with Crippen LogP contribution in [0.25, 0.3) is 0 Å². The van der Waals surface area contributed by atoms with E-state index in [1.54, 1.807) is 4.90 Å². The molecular formula is C15H19N3O5S. The summed E-state index contributed by atoms with van der Waals surface area (Å²) in [4.78, 5) is 25.0. The highest BCUT2D eigenvalue weighted by Crippen LogP contribution is 2.29. The van der Waals surface area contributed by atoms with Crippen molar-refractivity contribution in [2.75, 3.05) is 31.6 Å². The first kappa shape index (κ1) is 16.7. The topological polar surface area (TPSA) is 105 Å². The Morgan fingerprint density at radius 2 is 2.00 bits per heavy atom. The Labute approximate surface area is 140 Å². The molecule has 0 spiro atoms. The number of piperidine rings is 1. The van der Waals surface area contributed by atoms with Crippen LogP contribution >= 0.6 is 0 Å². The number of carbonyl (C=O) groups excluding carboxylic acids is 2. The monoisotopic (exact) mass is 353 g/mol. The number of nitrogens with one attached hydrogen (secondary N) is 2. The molecule has 0 aliphatic carbocycles. The van der Waals surface area contributed by atoms with Gasteiger partial charge in [0.1, 0.15) is 5.75 Å². The zero-order chi connectivity index (χ0) is 17.2. The van der Waals surface area contributed by atoms with E-state index in [1.165, 1.54) is 18.2 Å². The highest BCUT2D eigenvalue weighted by molar-refractivity contribution is 7.89. The number of hydrogen-bond acceptors (Lipinski definition) is 5. The second-order valence-corrected chi connectivity index (χ2v) is 7.53. The molecule has 0 unspecified atom stereocenters. The molecule has 2 heterocycles. The van der Waals surface area contributed by atoms with Gasteiger partial charge in [-0.05, 0) is 37.5 Å². The van der Waals surface area contributed by atoms with E-state index in [9.17, 15) is 18.0 Å². The first-order valence-corrected chi connectivity index (χ1v) is 9.28. The van der Waals surface area contributed by atoms with E-state index < -0.39 is 10.0 Å². The molecule has 0 aromatic heterocycles. The van der Waals surface area contributed by atoms with E-state index in [-0.39, 0.29) is 29.9 Å². The fourth-order valence-electron chi connectivity index (χ4n) is 2.72. The summed E-state index contributed by atoms with van der Waals surface area (Å²) in [5, 5.41) is 2.56. The molecule has 0 saturated carbocycles. The van der Waals surface area contributed by atoms with Crippen LogP contribution in [0.15, 0.2) is 23.1 Å². The van der Waals surface area contributed by atoms with E-state index in [4.69, 9.17) is 4.74 Å². The lowest BCUT2D eigenvalue weighted by Gasteiger charge is -2.26. The molecule has 2 aliphatic heterocycles. The first-order chi connectivity index (χ1) is 11.5. The molecule has 1 aromatic carbocycles. The zero-order valence-corrected chi connectivity index (χ0v) is 13.9. The van der Waals surface area contributed by atoms with Gasteiger partial charge in [-0.25, -0.2) is 13.1 Å². The number of fused-ring (bicyclic) bond motifs is 1. The minimum Gasteiger partial charge on any atom is -0.482 e. The van der Waals surface area contributed by atoms with Gasteiger partial charge in [-0.2, -0.15) is 0 Å². The summed E-state index contributed by atoms with van der Waals surface area (Å²) in [7, 11) is -3.85. The Kier molecular flexibility index (Phi) is 4.72. The van der Waals surface area contributed by atoms with Crippen LogP contribution in [0.4, 0.5) is 5.69 Å². The van der Waals surface area contributed by atoms with Crippen molar-refractivity contribution in [3.63, 3.8) is 0 Å². The van der Waals surface area contributed by atoms with E-state index in [0.29, 0.717) is 24.5 Å². The van der Waals surface area contributed by atoms with E-state index >= 15 is 0 Å². The molecule has 2 amide bonds. The van der Waals surface area contributed by atoms with Crippen molar-refractivity contribution in [1.29, 1.82) is 0 Å². The molecule has 3 rings (SSSR count). The van der Waals surface area contributed by atoms with Gasteiger partial charge < -0.3 is 15.0 Å². The predicted molar refractivity (Wildman–Crippen MR) is 86.2 cm³/mol. The second-order valence-electron chi connectivity index (χ2n) is 5.76. The molecule has 1 aromatic rings. The molecular weight excluding hydrogens is 334 g/mol. The van der Waals surface area contributed by atoms with Crippen LogP contribution in [-0.4, -0.2) is 51.4 Å². The Morgan fingerprint density at radius 1 is 1.25 bits per heavy atom. The van der Waals surface area contributed by atoms with Gasteiger partial charge in [-0.3, -0.25) is 9.59 Å². The van der Waals surface area contributed by atoms with Crippen molar-refractivity contribution in [1.82, 2.24) is 9.62 Å². The van der Waals surface area contributed by atoms with Crippen LogP contribution in [0, 0.1) is 0 Å². The number of nitrogens with zero attached hydrogens (tertiary/aromatic N) is 1. The molecule has 2 N–H and O–H groups in total. The Bertz CT molecular complexity index is 756. The Hall–Kier alpha value is -2.13. The molecule has 1 saturated heterocycles. The lowest BCUT2D eigenvalue weighted by atomic mass is 10.1. The number of amides is 2. The quantitative estimate of drug-likeness (QED) is 0.810. The normalized spacial score (nSPS) is 17.7. The van der Waals surface area contributed by atoms with Crippen molar-refractivity contribution >= 4 is 27.5 Å². The molecule has 0 bridgehead atoms. The van der Waals surface area contributed by atoms with Crippen LogP contribution < -0.4 is 14.8 Å². The molecule has 8 nitrogen and oxygen atoms in total. The van der Waals surface area contributed by atoms with Gasteiger partial charge in [0.2, 0.25) is 15.9 Å². The minimum atomic E-state index is -3.85. The Morgan fingerprint density at radius 3 is 2.75 bits per heavy atom. The van der Waals surface area contributed by atoms with E-state index in [2.05, 4.69) is 10.0 Å². The van der Waals surface area contributed by atoms with Crippen molar-refractivity contribution in [2.24, 2.45) is 0 Å².